The molecule has 0 aliphatic heterocycles. The topological polar surface area (TPSA) is 29.1 Å². The minimum absolute atomic E-state index is 0.0394. The van der Waals surface area contributed by atoms with Crippen molar-refractivity contribution in [1.82, 2.24) is 0 Å². The van der Waals surface area contributed by atoms with Crippen molar-refractivity contribution in [2.45, 2.75) is 36.6 Å². The lowest BCUT2D eigenvalue weighted by molar-refractivity contribution is -0.137. The highest BCUT2D eigenvalue weighted by atomic mass is 79.9. The van der Waals surface area contributed by atoms with E-state index in [2.05, 4.69) is 21.2 Å². The van der Waals surface area contributed by atoms with E-state index in [1.165, 1.54) is 23.9 Å². The predicted molar refractivity (Wildman–Crippen MR) is 99.1 cm³/mol. The lowest BCUT2D eigenvalue weighted by atomic mass is 10.1. The highest BCUT2D eigenvalue weighted by molar-refractivity contribution is 9.10. The average Bonchev–Trinajstić information content (AvgIpc) is 2.54. The molecule has 8 heteroatoms. The fraction of sp³-hybridized carbons (Fsp3) is 0.278. The standard InChI is InChI=1S/C18H16BrF4NOS/c1-3-10(2)26-12-5-7-16(14(9-12)18(21,22)23)24-17(25)13-6-4-11(20)8-15(13)19/h4-10H,3H2,1-2H3,(H,24,25). The van der Waals surface area contributed by atoms with E-state index in [0.717, 1.165) is 24.6 Å². The van der Waals surface area contributed by atoms with Crippen LogP contribution in [0.3, 0.4) is 0 Å². The van der Waals surface area contributed by atoms with Crippen molar-refractivity contribution in [3.8, 4) is 0 Å². The molecule has 2 aromatic rings. The highest BCUT2D eigenvalue weighted by Crippen LogP contribution is 2.38. The number of alkyl halides is 3. The largest absolute Gasteiger partial charge is 0.418 e. The molecule has 26 heavy (non-hydrogen) atoms. The highest BCUT2D eigenvalue weighted by Gasteiger charge is 2.34. The van der Waals surface area contributed by atoms with E-state index in [4.69, 9.17) is 0 Å². The normalized spacial score (nSPS) is 12.7. The zero-order chi connectivity index (χ0) is 19.5. The van der Waals surface area contributed by atoms with Crippen LogP contribution in [0.2, 0.25) is 0 Å². The monoisotopic (exact) mass is 449 g/mol. The van der Waals surface area contributed by atoms with Crippen molar-refractivity contribution in [3.05, 3.63) is 57.8 Å². The number of carbonyl (C=O) groups is 1. The lowest BCUT2D eigenvalue weighted by Gasteiger charge is -2.17. The zero-order valence-corrected chi connectivity index (χ0v) is 16.4. The van der Waals surface area contributed by atoms with Crippen molar-refractivity contribution in [1.29, 1.82) is 0 Å². The Balaban J connectivity index is 2.34. The van der Waals surface area contributed by atoms with Gasteiger partial charge in [0.15, 0.2) is 0 Å². The minimum atomic E-state index is -4.62. The summed E-state index contributed by atoms with van der Waals surface area (Å²) in [5, 5.41) is 2.44. The van der Waals surface area contributed by atoms with Gasteiger partial charge in [-0.25, -0.2) is 4.39 Å². The molecule has 1 N–H and O–H groups in total. The quantitative estimate of drug-likeness (QED) is 0.403. The van der Waals surface area contributed by atoms with Crippen LogP contribution in [-0.2, 0) is 6.18 Å². The summed E-state index contributed by atoms with van der Waals surface area (Å²) < 4.78 is 53.5. The lowest BCUT2D eigenvalue weighted by Crippen LogP contribution is -2.17. The van der Waals surface area contributed by atoms with Gasteiger partial charge in [0.1, 0.15) is 5.82 Å². The van der Waals surface area contributed by atoms with Crippen LogP contribution in [0, 0.1) is 5.82 Å². The van der Waals surface area contributed by atoms with Crippen molar-refractivity contribution in [2.75, 3.05) is 5.32 Å². The second-order valence-corrected chi connectivity index (χ2v) is 7.99. The zero-order valence-electron chi connectivity index (χ0n) is 14.0. The number of amides is 1. The van der Waals surface area contributed by atoms with Gasteiger partial charge < -0.3 is 5.32 Å². The molecule has 0 spiro atoms. The first-order valence-corrected chi connectivity index (χ1v) is 9.43. The SMILES string of the molecule is CCC(C)Sc1ccc(NC(=O)c2ccc(F)cc2Br)c(C(F)(F)F)c1. The van der Waals surface area contributed by atoms with Gasteiger partial charge in [0.25, 0.3) is 5.91 Å². The molecule has 2 nitrogen and oxygen atoms in total. The molecule has 0 aromatic heterocycles. The van der Waals surface area contributed by atoms with E-state index in [0.29, 0.717) is 4.90 Å². The number of carbonyl (C=O) groups excluding carboxylic acids is 1. The fourth-order valence-corrected chi connectivity index (χ4v) is 3.61. The number of hydrogen-bond donors (Lipinski definition) is 1. The summed E-state index contributed by atoms with van der Waals surface area (Å²) in [6, 6.07) is 7.16. The van der Waals surface area contributed by atoms with E-state index in [1.54, 1.807) is 6.07 Å². The predicted octanol–water partition coefficient (Wildman–Crippen LogP) is 6.75. The Morgan fingerprint density at radius 3 is 2.50 bits per heavy atom. The molecule has 0 radical (unpaired) electrons. The molecule has 0 bridgehead atoms. The summed E-state index contributed by atoms with van der Waals surface area (Å²) in [5.74, 6) is -1.32. The Morgan fingerprint density at radius 2 is 1.92 bits per heavy atom. The Labute approximate surface area is 161 Å². The summed E-state index contributed by atoms with van der Waals surface area (Å²) >= 11 is 4.38. The Morgan fingerprint density at radius 1 is 1.23 bits per heavy atom. The molecule has 0 aliphatic carbocycles. The van der Waals surface area contributed by atoms with Gasteiger partial charge in [-0.15, -0.1) is 11.8 Å². The maximum Gasteiger partial charge on any atom is 0.418 e. The van der Waals surface area contributed by atoms with Crippen molar-refractivity contribution >= 4 is 39.3 Å². The summed E-state index contributed by atoms with van der Waals surface area (Å²) in [6.07, 6.45) is -3.79. The second kappa shape index (κ2) is 8.43. The van der Waals surface area contributed by atoms with Crippen LogP contribution < -0.4 is 5.32 Å². The van der Waals surface area contributed by atoms with Crippen molar-refractivity contribution in [3.63, 3.8) is 0 Å². The maximum absolute atomic E-state index is 13.4. The van der Waals surface area contributed by atoms with Crippen LogP contribution in [0.5, 0.6) is 0 Å². The van der Waals surface area contributed by atoms with Gasteiger partial charge in [0.2, 0.25) is 0 Å². The third-order valence-electron chi connectivity index (χ3n) is 3.63. The molecule has 140 valence electrons. The summed E-state index contributed by atoms with van der Waals surface area (Å²) in [7, 11) is 0. The van der Waals surface area contributed by atoms with Gasteiger partial charge in [0.05, 0.1) is 16.8 Å². The number of halogens is 5. The van der Waals surface area contributed by atoms with Crippen LogP contribution in [0.1, 0.15) is 36.2 Å². The van der Waals surface area contributed by atoms with E-state index < -0.39 is 23.5 Å². The molecule has 2 rings (SSSR count). The first-order chi connectivity index (χ1) is 12.1. The van der Waals surface area contributed by atoms with E-state index in [1.807, 2.05) is 13.8 Å². The molecule has 0 heterocycles. The van der Waals surface area contributed by atoms with Crippen LogP contribution in [0.15, 0.2) is 45.8 Å². The number of nitrogens with one attached hydrogen (secondary N) is 1. The van der Waals surface area contributed by atoms with Gasteiger partial charge in [-0.2, -0.15) is 13.2 Å². The maximum atomic E-state index is 13.4. The van der Waals surface area contributed by atoms with Crippen LogP contribution in [0.25, 0.3) is 0 Å². The fourth-order valence-electron chi connectivity index (χ4n) is 2.12. The van der Waals surface area contributed by atoms with Crippen LogP contribution in [-0.4, -0.2) is 11.2 Å². The first kappa shape index (κ1) is 20.8. The van der Waals surface area contributed by atoms with Crippen molar-refractivity contribution in [2.24, 2.45) is 0 Å². The Bertz CT molecular complexity index is 810. The van der Waals surface area contributed by atoms with Crippen LogP contribution >= 0.6 is 27.7 Å². The Hall–Kier alpha value is -1.54. The molecule has 0 aliphatic rings. The third-order valence-corrected chi connectivity index (χ3v) is 5.55. The van der Waals surface area contributed by atoms with E-state index in [-0.39, 0.29) is 21.0 Å². The number of benzene rings is 2. The van der Waals surface area contributed by atoms with Crippen LogP contribution in [0.4, 0.5) is 23.2 Å². The number of rotatable bonds is 5. The molecular weight excluding hydrogens is 434 g/mol. The smallest absolute Gasteiger partial charge is 0.321 e. The molecule has 1 amide bonds. The van der Waals surface area contributed by atoms with Crippen molar-refractivity contribution < 1.29 is 22.4 Å². The molecule has 1 atom stereocenters. The third kappa shape index (κ3) is 5.23. The second-order valence-electron chi connectivity index (χ2n) is 5.62. The minimum Gasteiger partial charge on any atom is -0.321 e. The molecule has 2 aromatic carbocycles. The molecule has 0 saturated heterocycles. The van der Waals surface area contributed by atoms with Gasteiger partial charge in [0, 0.05) is 14.6 Å². The molecule has 0 fully saturated rings. The Kier molecular flexibility index (Phi) is 6.74. The summed E-state index contributed by atoms with van der Waals surface area (Å²) in [6.45, 7) is 3.89. The van der Waals surface area contributed by atoms with Gasteiger partial charge in [-0.1, -0.05) is 13.8 Å². The number of anilines is 1. The number of thioether (sulfide) groups is 1. The molecule has 0 saturated carbocycles. The molecular formula is C18H16BrF4NOS. The van der Waals surface area contributed by atoms with E-state index in [9.17, 15) is 22.4 Å². The summed E-state index contributed by atoms with van der Waals surface area (Å²) in [4.78, 5) is 12.8. The van der Waals surface area contributed by atoms with E-state index >= 15 is 0 Å². The number of hydrogen-bond acceptors (Lipinski definition) is 2. The molecule has 1 unspecified atom stereocenters. The van der Waals surface area contributed by atoms with Gasteiger partial charge in [-0.05, 0) is 58.7 Å². The van der Waals surface area contributed by atoms with Gasteiger partial charge >= 0.3 is 6.18 Å². The summed E-state index contributed by atoms with van der Waals surface area (Å²) in [5.41, 5.74) is -1.22. The first-order valence-electron chi connectivity index (χ1n) is 7.76. The average molecular weight is 450 g/mol. The van der Waals surface area contributed by atoms with Gasteiger partial charge in [-0.3, -0.25) is 4.79 Å².